The second-order valence-corrected chi connectivity index (χ2v) is 4.96. The molecule has 1 atom stereocenters. The topological polar surface area (TPSA) is 55.4 Å². The molecule has 1 N–H and O–H groups in total. The van der Waals surface area contributed by atoms with Gasteiger partial charge in [0.05, 0.1) is 0 Å². The monoisotopic (exact) mass is 327 g/mol. The van der Waals surface area contributed by atoms with Crippen molar-refractivity contribution in [2.24, 2.45) is 0 Å². The summed E-state index contributed by atoms with van der Waals surface area (Å²) in [6, 6.07) is -3.41. The van der Waals surface area contributed by atoms with E-state index in [9.17, 15) is 40.3 Å². The van der Waals surface area contributed by atoms with Gasteiger partial charge in [0, 0.05) is 0 Å². The van der Waals surface area contributed by atoms with Crippen LogP contribution < -0.4 is 5.32 Å². The summed E-state index contributed by atoms with van der Waals surface area (Å²) in [5.74, 6) is -12.4. The number of rotatable bonds is 4. The first-order valence-electron chi connectivity index (χ1n) is 5.33. The molecule has 0 aliphatic carbocycles. The van der Waals surface area contributed by atoms with E-state index in [4.69, 9.17) is 0 Å². The summed E-state index contributed by atoms with van der Waals surface area (Å²) < 4.78 is 92.0. The predicted molar refractivity (Wildman–Crippen MR) is 55.2 cm³/mol. The van der Waals surface area contributed by atoms with Crippen molar-refractivity contribution in [2.75, 3.05) is 0 Å². The SMILES string of the molecule is CC(C)(C)OC(=O)NC(C=O)C(F)(F)C(F)(F)C(F)(F)F. The number of aldehydes is 1. The molecule has 0 aromatic heterocycles. The molecule has 0 saturated carbocycles. The molecule has 11 heteroatoms. The molecule has 0 aromatic carbocycles. The molecule has 124 valence electrons. The lowest BCUT2D eigenvalue weighted by Gasteiger charge is -2.32. The average molecular weight is 327 g/mol. The Morgan fingerprint density at radius 3 is 1.76 bits per heavy atom. The van der Waals surface area contributed by atoms with Gasteiger partial charge in [-0.2, -0.15) is 30.7 Å². The molecule has 0 aliphatic heterocycles. The van der Waals surface area contributed by atoms with Crippen LogP contribution in [0.25, 0.3) is 0 Å². The summed E-state index contributed by atoms with van der Waals surface area (Å²) in [5, 5.41) is 0.983. The van der Waals surface area contributed by atoms with Gasteiger partial charge in [-0.1, -0.05) is 0 Å². The van der Waals surface area contributed by atoms with E-state index in [0.29, 0.717) is 0 Å². The summed E-state index contributed by atoms with van der Waals surface area (Å²) in [4.78, 5) is 21.5. The minimum absolute atomic E-state index is 0.927. The van der Waals surface area contributed by atoms with Crippen LogP contribution in [-0.2, 0) is 9.53 Å². The van der Waals surface area contributed by atoms with Gasteiger partial charge in [-0.25, -0.2) is 4.79 Å². The number of alkyl halides is 7. The van der Waals surface area contributed by atoms with E-state index in [-0.39, 0.29) is 0 Å². The van der Waals surface area contributed by atoms with Crippen molar-refractivity contribution < 1.29 is 45.1 Å². The van der Waals surface area contributed by atoms with Gasteiger partial charge in [0.25, 0.3) is 0 Å². The molecule has 0 spiro atoms. The molecule has 21 heavy (non-hydrogen) atoms. The van der Waals surface area contributed by atoms with Crippen molar-refractivity contribution in [3.8, 4) is 0 Å². The molecule has 0 rings (SSSR count). The lowest BCUT2D eigenvalue weighted by Crippen LogP contribution is -2.63. The maximum absolute atomic E-state index is 13.2. The van der Waals surface area contributed by atoms with Gasteiger partial charge in [0.15, 0.2) is 6.04 Å². The third-order valence-electron chi connectivity index (χ3n) is 1.97. The van der Waals surface area contributed by atoms with Crippen LogP contribution >= 0.6 is 0 Å². The summed E-state index contributed by atoms with van der Waals surface area (Å²) in [6.45, 7) is 3.85. The second kappa shape index (κ2) is 5.68. The molecule has 1 unspecified atom stereocenters. The Labute approximate surface area is 114 Å². The maximum Gasteiger partial charge on any atom is 0.459 e. The number of carbonyl (C=O) groups is 2. The van der Waals surface area contributed by atoms with Crippen LogP contribution in [0.15, 0.2) is 0 Å². The predicted octanol–water partition coefficient (Wildman–Crippen LogP) is 2.91. The van der Waals surface area contributed by atoms with Gasteiger partial charge in [-0.05, 0) is 20.8 Å². The van der Waals surface area contributed by atoms with E-state index >= 15 is 0 Å². The zero-order valence-corrected chi connectivity index (χ0v) is 11.0. The smallest absolute Gasteiger partial charge is 0.444 e. The van der Waals surface area contributed by atoms with E-state index in [1.54, 1.807) is 0 Å². The average Bonchev–Trinajstić information content (AvgIpc) is 2.21. The van der Waals surface area contributed by atoms with E-state index in [1.165, 1.54) is 20.8 Å². The molecular formula is C10H12F7NO3. The van der Waals surface area contributed by atoms with Crippen molar-refractivity contribution in [1.29, 1.82) is 0 Å². The highest BCUT2D eigenvalue weighted by Gasteiger charge is 2.75. The number of amides is 1. The minimum Gasteiger partial charge on any atom is -0.444 e. The summed E-state index contributed by atoms with van der Waals surface area (Å²) in [7, 11) is 0. The number of ether oxygens (including phenoxy) is 1. The first kappa shape index (κ1) is 19.4. The van der Waals surface area contributed by atoms with Crippen molar-refractivity contribution in [3.05, 3.63) is 0 Å². The Morgan fingerprint density at radius 2 is 1.48 bits per heavy atom. The molecular weight excluding hydrogens is 315 g/mol. The fourth-order valence-electron chi connectivity index (χ4n) is 1.03. The zero-order chi connectivity index (χ0) is 17.3. The minimum atomic E-state index is -6.60. The van der Waals surface area contributed by atoms with Crippen molar-refractivity contribution >= 4 is 12.4 Å². The maximum atomic E-state index is 13.2. The molecule has 0 radical (unpaired) electrons. The van der Waals surface area contributed by atoms with E-state index in [2.05, 4.69) is 4.74 Å². The summed E-state index contributed by atoms with van der Waals surface area (Å²) in [6.07, 6.45) is -9.27. The quantitative estimate of drug-likeness (QED) is 0.638. The van der Waals surface area contributed by atoms with Crippen LogP contribution in [0, 0.1) is 0 Å². The van der Waals surface area contributed by atoms with Gasteiger partial charge in [0.2, 0.25) is 0 Å². The summed E-state index contributed by atoms with van der Waals surface area (Å²) in [5.41, 5.74) is -1.24. The van der Waals surface area contributed by atoms with Crippen LogP contribution in [0.2, 0.25) is 0 Å². The molecule has 0 bridgehead atoms. The lowest BCUT2D eigenvalue weighted by molar-refractivity contribution is -0.356. The van der Waals surface area contributed by atoms with Gasteiger partial charge in [0.1, 0.15) is 11.9 Å². The highest BCUT2D eigenvalue weighted by atomic mass is 19.4. The van der Waals surface area contributed by atoms with E-state index < -0.39 is 42.0 Å². The fraction of sp³-hybridized carbons (Fsp3) is 0.800. The highest BCUT2D eigenvalue weighted by molar-refractivity contribution is 5.74. The molecule has 4 nitrogen and oxygen atoms in total. The molecule has 0 aliphatic rings. The number of alkyl carbamates (subject to hydrolysis) is 1. The zero-order valence-electron chi connectivity index (χ0n) is 11.0. The number of halogens is 7. The first-order chi connectivity index (χ1) is 9.06. The van der Waals surface area contributed by atoms with Gasteiger partial charge in [-0.15, -0.1) is 0 Å². The Bertz CT molecular complexity index is 400. The Kier molecular flexibility index (Phi) is 5.26. The number of hydrogen-bond acceptors (Lipinski definition) is 3. The Morgan fingerprint density at radius 1 is 1.05 bits per heavy atom. The van der Waals surface area contributed by atoms with Crippen molar-refractivity contribution in [3.63, 3.8) is 0 Å². The highest BCUT2D eigenvalue weighted by Crippen LogP contribution is 2.47. The standard InChI is InChI=1S/C10H12F7NO3/c1-7(2,3)21-6(20)18-5(4-19)8(11,12)9(13,14)10(15,16)17/h4-5H,1-3H3,(H,18,20). The van der Waals surface area contributed by atoms with Crippen molar-refractivity contribution in [1.82, 2.24) is 5.32 Å². The normalized spacial score (nSPS) is 15.3. The fourth-order valence-corrected chi connectivity index (χ4v) is 1.03. The third kappa shape index (κ3) is 4.46. The van der Waals surface area contributed by atoms with Gasteiger partial charge >= 0.3 is 24.1 Å². The van der Waals surface area contributed by atoms with E-state index in [0.717, 1.165) is 5.32 Å². The molecule has 0 saturated heterocycles. The van der Waals surface area contributed by atoms with Crippen LogP contribution in [0.5, 0.6) is 0 Å². The van der Waals surface area contributed by atoms with E-state index in [1.807, 2.05) is 0 Å². The Balaban J connectivity index is 5.28. The van der Waals surface area contributed by atoms with Crippen LogP contribution in [0.3, 0.4) is 0 Å². The molecule has 0 aromatic rings. The third-order valence-corrected chi connectivity index (χ3v) is 1.97. The van der Waals surface area contributed by atoms with Crippen LogP contribution in [0.4, 0.5) is 35.5 Å². The molecule has 1 amide bonds. The summed E-state index contributed by atoms with van der Waals surface area (Å²) >= 11 is 0. The second-order valence-electron chi connectivity index (χ2n) is 4.96. The van der Waals surface area contributed by atoms with Crippen LogP contribution in [-0.4, -0.2) is 42.0 Å². The molecule has 0 fully saturated rings. The lowest BCUT2D eigenvalue weighted by atomic mass is 10.0. The van der Waals surface area contributed by atoms with Gasteiger partial charge in [-0.3, -0.25) is 0 Å². The van der Waals surface area contributed by atoms with Crippen LogP contribution in [0.1, 0.15) is 20.8 Å². The Hall–Kier alpha value is -1.55. The number of nitrogens with one attached hydrogen (secondary N) is 1. The molecule has 0 heterocycles. The first-order valence-corrected chi connectivity index (χ1v) is 5.33. The number of hydrogen-bond donors (Lipinski definition) is 1. The van der Waals surface area contributed by atoms with Crippen molar-refractivity contribution in [2.45, 2.75) is 50.4 Å². The van der Waals surface area contributed by atoms with Gasteiger partial charge < -0.3 is 14.8 Å². The number of carbonyl (C=O) groups excluding carboxylic acids is 2. The largest absolute Gasteiger partial charge is 0.459 e.